The number of hydrogen-bond donors (Lipinski definition) is 0. The minimum absolute atomic E-state index is 0.164. The maximum Gasteiger partial charge on any atom is 0.249 e. The Morgan fingerprint density at radius 3 is 2.41 bits per heavy atom. The summed E-state index contributed by atoms with van der Waals surface area (Å²) in [7, 11) is 1.57. The Balaban J connectivity index is 1.48. The number of ether oxygens (including phenoxy) is 1. The molecule has 2 aromatic carbocycles. The first-order valence-corrected chi connectivity index (χ1v) is 10.3. The fraction of sp³-hybridized carbons (Fsp3) is 0.333. The van der Waals surface area contributed by atoms with Crippen molar-refractivity contribution in [3.8, 4) is 11.5 Å². The molecular formula is C21H19Cl3N2O3. The van der Waals surface area contributed by atoms with Crippen molar-refractivity contribution in [1.82, 2.24) is 4.90 Å². The maximum absolute atomic E-state index is 13.0. The van der Waals surface area contributed by atoms with Gasteiger partial charge in [-0.15, -0.1) is 11.6 Å². The number of halogens is 3. The summed E-state index contributed by atoms with van der Waals surface area (Å²) in [5.74, 6) is 0.739. The molecule has 2 aliphatic rings. The Morgan fingerprint density at radius 1 is 1.10 bits per heavy atom. The van der Waals surface area contributed by atoms with E-state index in [-0.39, 0.29) is 12.3 Å². The minimum atomic E-state index is -1.36. The van der Waals surface area contributed by atoms with E-state index in [9.17, 15) is 9.59 Å². The summed E-state index contributed by atoms with van der Waals surface area (Å²) in [6.45, 7) is 0.484. The molecule has 1 saturated carbocycles. The van der Waals surface area contributed by atoms with E-state index in [1.807, 2.05) is 54.6 Å². The molecule has 0 spiro atoms. The zero-order chi connectivity index (χ0) is 20.8. The Morgan fingerprint density at radius 2 is 1.76 bits per heavy atom. The average molecular weight is 454 g/mol. The number of rotatable bonds is 5. The lowest BCUT2D eigenvalue weighted by Crippen LogP contribution is -2.47. The van der Waals surface area contributed by atoms with Crippen LogP contribution in [0.3, 0.4) is 0 Å². The molecule has 2 atom stereocenters. The number of carbonyl (C=O) groups is 2. The van der Waals surface area contributed by atoms with Gasteiger partial charge < -0.3 is 14.5 Å². The molecule has 0 aromatic heterocycles. The van der Waals surface area contributed by atoms with E-state index in [0.717, 1.165) is 0 Å². The van der Waals surface area contributed by atoms with Gasteiger partial charge in [-0.05, 0) is 30.7 Å². The molecule has 2 fully saturated rings. The summed E-state index contributed by atoms with van der Waals surface area (Å²) in [6, 6.07) is 16.1. The van der Waals surface area contributed by atoms with E-state index in [2.05, 4.69) is 0 Å². The molecule has 1 heterocycles. The summed E-state index contributed by atoms with van der Waals surface area (Å²) in [5.41, 5.74) is 0.711. The average Bonchev–Trinajstić information content (AvgIpc) is 3.02. The van der Waals surface area contributed by atoms with Crippen LogP contribution >= 0.6 is 34.8 Å². The Hall–Kier alpha value is -1.95. The Kier molecular flexibility index (Phi) is 5.18. The quantitative estimate of drug-likeness (QED) is 0.622. The molecule has 4 rings (SSSR count). The van der Waals surface area contributed by atoms with Crippen molar-refractivity contribution in [2.45, 2.75) is 28.1 Å². The minimum Gasteiger partial charge on any atom is -0.457 e. The first kappa shape index (κ1) is 20.3. The first-order chi connectivity index (χ1) is 13.7. The van der Waals surface area contributed by atoms with Crippen LogP contribution in [0.15, 0.2) is 54.6 Å². The van der Waals surface area contributed by atoms with Gasteiger partial charge in [0.2, 0.25) is 11.8 Å². The van der Waals surface area contributed by atoms with Gasteiger partial charge in [-0.3, -0.25) is 9.59 Å². The Bertz CT molecular complexity index is 953. The highest BCUT2D eigenvalue weighted by Crippen LogP contribution is 2.62. The first-order valence-electron chi connectivity index (χ1n) is 9.21. The number of nitrogens with zero attached hydrogens (tertiary/aromatic N) is 2. The molecule has 1 aliphatic carbocycles. The van der Waals surface area contributed by atoms with Gasteiger partial charge in [-0.25, -0.2) is 0 Å². The van der Waals surface area contributed by atoms with Crippen LogP contribution in [0.1, 0.15) is 12.8 Å². The van der Waals surface area contributed by atoms with Crippen LogP contribution in [0.2, 0.25) is 0 Å². The van der Waals surface area contributed by atoms with Gasteiger partial charge in [0.15, 0.2) is 4.87 Å². The predicted molar refractivity (Wildman–Crippen MR) is 114 cm³/mol. The van der Waals surface area contributed by atoms with Crippen LogP contribution in [-0.2, 0) is 9.59 Å². The van der Waals surface area contributed by atoms with E-state index in [4.69, 9.17) is 39.5 Å². The van der Waals surface area contributed by atoms with Gasteiger partial charge in [-0.2, -0.15) is 0 Å². The second kappa shape index (κ2) is 7.38. The number of para-hydroxylation sites is 1. The van der Waals surface area contributed by atoms with Crippen LogP contribution in [-0.4, -0.2) is 45.6 Å². The van der Waals surface area contributed by atoms with Crippen molar-refractivity contribution in [2.24, 2.45) is 0 Å². The van der Waals surface area contributed by atoms with Crippen molar-refractivity contribution >= 4 is 52.3 Å². The summed E-state index contributed by atoms with van der Waals surface area (Å²) >= 11 is 18.3. The van der Waals surface area contributed by atoms with Crippen LogP contribution in [0.5, 0.6) is 11.5 Å². The van der Waals surface area contributed by atoms with Crippen LogP contribution in [0.25, 0.3) is 0 Å². The maximum atomic E-state index is 13.0. The van der Waals surface area contributed by atoms with E-state index < -0.39 is 21.2 Å². The van der Waals surface area contributed by atoms with Crippen LogP contribution in [0.4, 0.5) is 5.69 Å². The highest BCUT2D eigenvalue weighted by atomic mass is 35.5. The topological polar surface area (TPSA) is 49.9 Å². The van der Waals surface area contributed by atoms with E-state index in [1.165, 1.54) is 4.90 Å². The molecule has 29 heavy (non-hydrogen) atoms. The third kappa shape index (κ3) is 3.67. The standard InChI is InChI=1S/C21H19Cl3N2O3/c1-25(19(28)20(22)13-21(20,23)24)17-10-11-26(18(17)27)14-6-5-9-16(12-14)29-15-7-3-2-4-8-15/h2-9,12,17H,10-11,13H2,1H3. The van der Waals surface area contributed by atoms with Crippen molar-refractivity contribution in [3.05, 3.63) is 54.6 Å². The number of amides is 2. The SMILES string of the molecule is CN(C(=O)C1(Cl)CC1(Cl)Cl)C1CCN(c2cccc(Oc3ccccc3)c2)C1=O. The molecule has 2 amide bonds. The number of anilines is 1. The second-order valence-electron chi connectivity index (χ2n) is 7.31. The van der Waals surface area contributed by atoms with Gasteiger partial charge in [-0.1, -0.05) is 47.5 Å². The number of likely N-dealkylation sites (N-methyl/N-ethyl adjacent to an activating group) is 1. The molecule has 1 aliphatic heterocycles. The van der Waals surface area contributed by atoms with Gasteiger partial charge in [0.25, 0.3) is 0 Å². The molecule has 0 N–H and O–H groups in total. The predicted octanol–water partition coefficient (Wildman–Crippen LogP) is 4.60. The number of alkyl halides is 3. The Labute approximate surface area is 184 Å². The molecule has 2 aromatic rings. The fourth-order valence-corrected chi connectivity index (χ4v) is 4.57. The highest BCUT2D eigenvalue weighted by Gasteiger charge is 2.72. The summed E-state index contributed by atoms with van der Waals surface area (Å²) in [6.07, 6.45) is 0.659. The molecular weight excluding hydrogens is 435 g/mol. The molecule has 0 radical (unpaired) electrons. The smallest absolute Gasteiger partial charge is 0.249 e. The number of carbonyl (C=O) groups excluding carboxylic acids is 2. The third-order valence-electron chi connectivity index (χ3n) is 5.33. The van der Waals surface area contributed by atoms with E-state index in [1.54, 1.807) is 11.9 Å². The lowest BCUT2D eigenvalue weighted by molar-refractivity contribution is -0.137. The zero-order valence-electron chi connectivity index (χ0n) is 15.6. The molecule has 1 saturated heterocycles. The normalized spacial score (nSPS) is 25.0. The summed E-state index contributed by atoms with van der Waals surface area (Å²) < 4.78 is 4.57. The van der Waals surface area contributed by atoms with Crippen molar-refractivity contribution in [1.29, 1.82) is 0 Å². The van der Waals surface area contributed by atoms with Crippen molar-refractivity contribution in [2.75, 3.05) is 18.5 Å². The fourth-order valence-electron chi connectivity index (χ4n) is 3.53. The summed E-state index contributed by atoms with van der Waals surface area (Å²) in [4.78, 5) is 27.4. The van der Waals surface area contributed by atoms with Crippen molar-refractivity contribution < 1.29 is 14.3 Å². The molecule has 2 unspecified atom stereocenters. The highest BCUT2D eigenvalue weighted by molar-refractivity contribution is 6.62. The molecule has 5 nitrogen and oxygen atoms in total. The lowest BCUT2D eigenvalue weighted by Gasteiger charge is -2.26. The lowest BCUT2D eigenvalue weighted by atomic mass is 10.2. The second-order valence-corrected chi connectivity index (χ2v) is 9.43. The van der Waals surface area contributed by atoms with Gasteiger partial charge in [0.1, 0.15) is 21.9 Å². The van der Waals surface area contributed by atoms with E-state index in [0.29, 0.717) is 30.2 Å². The summed E-state index contributed by atoms with van der Waals surface area (Å²) in [5, 5.41) is 0. The van der Waals surface area contributed by atoms with Crippen molar-refractivity contribution in [3.63, 3.8) is 0 Å². The molecule has 8 heteroatoms. The van der Waals surface area contributed by atoms with Gasteiger partial charge in [0.05, 0.1) is 0 Å². The number of benzene rings is 2. The zero-order valence-corrected chi connectivity index (χ0v) is 17.9. The van der Waals surface area contributed by atoms with E-state index >= 15 is 0 Å². The number of hydrogen-bond acceptors (Lipinski definition) is 3. The van der Waals surface area contributed by atoms with Crippen LogP contribution < -0.4 is 9.64 Å². The van der Waals surface area contributed by atoms with Crippen LogP contribution in [0, 0.1) is 0 Å². The monoisotopic (exact) mass is 452 g/mol. The van der Waals surface area contributed by atoms with Gasteiger partial charge in [0, 0.05) is 31.8 Å². The van der Waals surface area contributed by atoms with Gasteiger partial charge >= 0.3 is 0 Å². The third-order valence-corrected chi connectivity index (χ3v) is 7.06. The largest absolute Gasteiger partial charge is 0.457 e. The molecule has 152 valence electrons. The molecule has 0 bridgehead atoms.